The Balaban J connectivity index is 2.26. The van der Waals surface area contributed by atoms with Gasteiger partial charge < -0.3 is 15.7 Å². The van der Waals surface area contributed by atoms with Gasteiger partial charge in [-0.2, -0.15) is 0 Å². The van der Waals surface area contributed by atoms with Crippen LogP contribution in [0.5, 0.6) is 0 Å². The summed E-state index contributed by atoms with van der Waals surface area (Å²) in [4.78, 5) is 13.7. The van der Waals surface area contributed by atoms with Gasteiger partial charge in [-0.1, -0.05) is 0 Å². The highest BCUT2D eigenvalue weighted by Gasteiger charge is 2.09. The second-order valence-corrected chi connectivity index (χ2v) is 5.42. The maximum Gasteiger partial charge on any atom is 0.261 e. The summed E-state index contributed by atoms with van der Waals surface area (Å²) in [6, 6.07) is 1.92. The fourth-order valence-electron chi connectivity index (χ4n) is 1.35. The topological polar surface area (TPSA) is 61.4 Å². The predicted octanol–water partition coefficient (Wildman–Crippen LogP) is 1.07. The van der Waals surface area contributed by atoms with Crippen LogP contribution in [0.2, 0.25) is 0 Å². The van der Waals surface area contributed by atoms with Crippen molar-refractivity contribution in [3.63, 3.8) is 0 Å². The van der Waals surface area contributed by atoms with Crippen molar-refractivity contribution in [1.82, 2.24) is 10.6 Å². The molecular weight excluding hydrogens is 236 g/mol. The van der Waals surface area contributed by atoms with Crippen molar-refractivity contribution in [2.75, 3.05) is 19.6 Å². The molecule has 1 atom stereocenters. The number of thiophene rings is 1. The van der Waals surface area contributed by atoms with Crippen LogP contribution < -0.4 is 10.6 Å². The first kappa shape index (κ1) is 14.2. The Hall–Kier alpha value is -0.910. The molecule has 0 bridgehead atoms. The molecule has 0 aliphatic heterocycles. The highest BCUT2D eigenvalue weighted by atomic mass is 32.1. The van der Waals surface area contributed by atoms with E-state index in [-0.39, 0.29) is 12.0 Å². The van der Waals surface area contributed by atoms with E-state index in [1.165, 1.54) is 16.2 Å². The zero-order valence-electron chi connectivity index (χ0n) is 10.5. The molecule has 0 saturated heterocycles. The SMILES string of the molecule is Cc1cc(C(=O)NCCNCC(C)O)sc1C. The minimum Gasteiger partial charge on any atom is -0.392 e. The van der Waals surface area contributed by atoms with E-state index in [1.807, 2.05) is 19.9 Å². The van der Waals surface area contributed by atoms with E-state index in [0.29, 0.717) is 19.6 Å². The largest absolute Gasteiger partial charge is 0.392 e. The average Bonchev–Trinajstić information content (AvgIpc) is 2.58. The van der Waals surface area contributed by atoms with Crippen LogP contribution in [-0.4, -0.2) is 36.8 Å². The summed E-state index contributed by atoms with van der Waals surface area (Å²) >= 11 is 1.52. The van der Waals surface area contributed by atoms with Gasteiger partial charge in [0.05, 0.1) is 11.0 Å². The summed E-state index contributed by atoms with van der Waals surface area (Å²) in [7, 11) is 0. The lowest BCUT2D eigenvalue weighted by molar-refractivity contribution is 0.0957. The van der Waals surface area contributed by atoms with Gasteiger partial charge >= 0.3 is 0 Å². The molecule has 1 rings (SSSR count). The Morgan fingerprint density at radius 2 is 2.18 bits per heavy atom. The molecule has 1 unspecified atom stereocenters. The van der Waals surface area contributed by atoms with Gasteiger partial charge in [0.25, 0.3) is 5.91 Å². The predicted molar refractivity (Wildman–Crippen MR) is 70.7 cm³/mol. The van der Waals surface area contributed by atoms with Crippen molar-refractivity contribution in [3.8, 4) is 0 Å². The zero-order valence-corrected chi connectivity index (χ0v) is 11.4. The number of rotatable bonds is 6. The van der Waals surface area contributed by atoms with Gasteiger partial charge in [0.15, 0.2) is 0 Å². The molecule has 0 fully saturated rings. The number of carbonyl (C=O) groups is 1. The summed E-state index contributed by atoms with van der Waals surface area (Å²) in [5.74, 6) is -0.0231. The lowest BCUT2D eigenvalue weighted by Gasteiger charge is -2.07. The summed E-state index contributed by atoms with van der Waals surface area (Å²) in [6.45, 7) is 7.53. The number of amides is 1. The molecule has 5 heteroatoms. The van der Waals surface area contributed by atoms with E-state index in [1.54, 1.807) is 6.92 Å². The molecule has 0 aliphatic carbocycles. The van der Waals surface area contributed by atoms with Crippen molar-refractivity contribution < 1.29 is 9.90 Å². The minimum absolute atomic E-state index is 0.0231. The van der Waals surface area contributed by atoms with Gasteiger partial charge in [0.2, 0.25) is 0 Å². The molecule has 1 aromatic rings. The summed E-state index contributed by atoms with van der Waals surface area (Å²) < 4.78 is 0. The molecule has 0 aromatic carbocycles. The van der Waals surface area contributed by atoms with Crippen LogP contribution in [0.1, 0.15) is 27.0 Å². The highest BCUT2D eigenvalue weighted by Crippen LogP contribution is 2.20. The molecule has 1 aromatic heterocycles. The molecule has 17 heavy (non-hydrogen) atoms. The standard InChI is InChI=1S/C12H20N2O2S/c1-8-6-11(17-10(8)3)12(16)14-5-4-13-7-9(2)15/h6,9,13,15H,4-5,7H2,1-3H3,(H,14,16). The highest BCUT2D eigenvalue weighted by molar-refractivity contribution is 7.14. The Labute approximate surface area is 106 Å². The Bertz CT molecular complexity index is 355. The van der Waals surface area contributed by atoms with Crippen molar-refractivity contribution >= 4 is 17.2 Å². The van der Waals surface area contributed by atoms with Crippen LogP contribution in [0.15, 0.2) is 6.07 Å². The van der Waals surface area contributed by atoms with Crippen LogP contribution >= 0.6 is 11.3 Å². The van der Waals surface area contributed by atoms with Crippen molar-refractivity contribution in [2.45, 2.75) is 26.9 Å². The molecule has 1 heterocycles. The molecular formula is C12H20N2O2S. The fourth-order valence-corrected chi connectivity index (χ4v) is 2.30. The van der Waals surface area contributed by atoms with Gasteiger partial charge in [-0.3, -0.25) is 4.79 Å². The van der Waals surface area contributed by atoms with E-state index in [2.05, 4.69) is 10.6 Å². The van der Waals surface area contributed by atoms with E-state index in [9.17, 15) is 4.79 Å². The first-order valence-electron chi connectivity index (χ1n) is 5.74. The van der Waals surface area contributed by atoms with Crippen LogP contribution in [0.4, 0.5) is 0 Å². The van der Waals surface area contributed by atoms with Gasteiger partial charge in [0, 0.05) is 24.5 Å². The second-order valence-electron chi connectivity index (χ2n) is 4.16. The molecule has 0 radical (unpaired) electrons. The van der Waals surface area contributed by atoms with E-state index in [0.717, 1.165) is 10.4 Å². The lowest BCUT2D eigenvalue weighted by atomic mass is 10.3. The number of aryl methyl sites for hydroxylation is 2. The maximum atomic E-state index is 11.7. The lowest BCUT2D eigenvalue weighted by Crippen LogP contribution is -2.34. The number of aliphatic hydroxyl groups is 1. The fraction of sp³-hybridized carbons (Fsp3) is 0.583. The number of hydrogen-bond acceptors (Lipinski definition) is 4. The zero-order chi connectivity index (χ0) is 12.8. The first-order valence-corrected chi connectivity index (χ1v) is 6.56. The third kappa shape index (κ3) is 4.85. The number of carbonyl (C=O) groups excluding carboxylic acids is 1. The monoisotopic (exact) mass is 256 g/mol. The van der Waals surface area contributed by atoms with E-state index < -0.39 is 0 Å². The third-order valence-corrected chi connectivity index (χ3v) is 3.57. The van der Waals surface area contributed by atoms with Crippen molar-refractivity contribution in [2.24, 2.45) is 0 Å². The Morgan fingerprint density at radius 3 is 2.71 bits per heavy atom. The minimum atomic E-state index is -0.353. The van der Waals surface area contributed by atoms with E-state index >= 15 is 0 Å². The molecule has 96 valence electrons. The van der Waals surface area contributed by atoms with Gasteiger partial charge in [-0.05, 0) is 32.4 Å². The first-order chi connectivity index (χ1) is 8.00. The molecule has 0 saturated carbocycles. The quantitative estimate of drug-likeness (QED) is 0.667. The van der Waals surface area contributed by atoms with Crippen molar-refractivity contribution in [1.29, 1.82) is 0 Å². The average molecular weight is 256 g/mol. The van der Waals surface area contributed by atoms with Gasteiger partial charge in [-0.15, -0.1) is 11.3 Å². The van der Waals surface area contributed by atoms with Gasteiger partial charge in [0.1, 0.15) is 0 Å². The molecule has 3 N–H and O–H groups in total. The Kier molecular flexibility index (Phi) is 5.61. The van der Waals surface area contributed by atoms with Crippen LogP contribution in [-0.2, 0) is 0 Å². The second kappa shape index (κ2) is 6.74. The van der Waals surface area contributed by atoms with Crippen LogP contribution in [0.3, 0.4) is 0 Å². The third-order valence-electron chi connectivity index (χ3n) is 2.42. The smallest absolute Gasteiger partial charge is 0.261 e. The summed E-state index contributed by atoms with van der Waals surface area (Å²) in [5.41, 5.74) is 1.16. The number of hydrogen-bond donors (Lipinski definition) is 3. The molecule has 1 amide bonds. The number of aliphatic hydroxyl groups excluding tert-OH is 1. The Morgan fingerprint density at radius 1 is 1.47 bits per heavy atom. The van der Waals surface area contributed by atoms with E-state index in [4.69, 9.17) is 5.11 Å². The number of nitrogens with one attached hydrogen (secondary N) is 2. The van der Waals surface area contributed by atoms with Gasteiger partial charge in [-0.25, -0.2) is 0 Å². The van der Waals surface area contributed by atoms with Crippen molar-refractivity contribution in [3.05, 3.63) is 21.4 Å². The normalized spacial score (nSPS) is 12.5. The van der Waals surface area contributed by atoms with Crippen LogP contribution in [0, 0.1) is 13.8 Å². The molecule has 0 aliphatic rings. The summed E-state index contributed by atoms with van der Waals surface area (Å²) in [5, 5.41) is 14.9. The van der Waals surface area contributed by atoms with Crippen LogP contribution in [0.25, 0.3) is 0 Å². The molecule has 0 spiro atoms. The molecule has 4 nitrogen and oxygen atoms in total. The maximum absolute atomic E-state index is 11.7. The summed E-state index contributed by atoms with van der Waals surface area (Å²) in [6.07, 6.45) is -0.353.